The highest BCUT2D eigenvalue weighted by atomic mass is 16.5. The minimum Gasteiger partial charge on any atom is -0.507 e. The number of phenolic OH excluding ortho intramolecular Hbond substituents is 2. The Kier molecular flexibility index (Phi) is 11.7. The summed E-state index contributed by atoms with van der Waals surface area (Å²) in [7, 11) is 0. The maximum absolute atomic E-state index is 14.1. The molecule has 0 radical (unpaired) electrons. The first-order chi connectivity index (χ1) is 23.8. The van der Waals surface area contributed by atoms with E-state index < -0.39 is 29.9 Å². The Bertz CT molecular complexity index is 1810. The number of phenols is 2. The summed E-state index contributed by atoms with van der Waals surface area (Å²) in [5.41, 5.74) is 2.78. The number of aliphatic carboxylic acids is 2. The number of Topliss-reactive ketones (excluding diaryl/α,β-unsaturated/α-hetero) is 1. The van der Waals surface area contributed by atoms with Gasteiger partial charge < -0.3 is 25.2 Å². The second kappa shape index (κ2) is 16.5. The Hall–Kier alpha value is -5.63. The van der Waals surface area contributed by atoms with Gasteiger partial charge in [0.05, 0.1) is 6.42 Å². The average molecular weight is 661 g/mol. The van der Waals surface area contributed by atoms with Gasteiger partial charge in [0, 0.05) is 35.8 Å². The topological polar surface area (TPSA) is 141 Å². The van der Waals surface area contributed by atoms with Crippen LogP contribution in [0, 0.1) is 0 Å². The molecular formula is C41H40O8. The molecule has 3 unspecified atom stereocenters. The summed E-state index contributed by atoms with van der Waals surface area (Å²) < 4.78 is 6.59. The monoisotopic (exact) mass is 660 g/mol. The molecule has 8 nitrogen and oxygen atoms in total. The van der Waals surface area contributed by atoms with Crippen molar-refractivity contribution in [2.75, 3.05) is 0 Å². The number of fused-ring (bicyclic) bond motifs is 1. The molecule has 0 spiro atoms. The first-order valence-corrected chi connectivity index (χ1v) is 16.5. The van der Waals surface area contributed by atoms with Gasteiger partial charge in [-0.3, -0.25) is 14.4 Å². The number of rotatable bonds is 15. The second-order valence-corrected chi connectivity index (χ2v) is 12.1. The molecule has 252 valence electrons. The molecule has 3 atom stereocenters. The van der Waals surface area contributed by atoms with Crippen molar-refractivity contribution < 1.29 is 39.5 Å². The summed E-state index contributed by atoms with van der Waals surface area (Å²) in [4.78, 5) is 36.3. The highest BCUT2D eigenvalue weighted by molar-refractivity contribution is 6.04. The van der Waals surface area contributed by atoms with Gasteiger partial charge in [0.25, 0.3) is 0 Å². The van der Waals surface area contributed by atoms with Crippen molar-refractivity contribution in [3.8, 4) is 17.2 Å². The van der Waals surface area contributed by atoms with Gasteiger partial charge in [-0.15, -0.1) is 0 Å². The number of carboxylic acid groups (broad SMARTS) is 2. The van der Waals surface area contributed by atoms with Crippen LogP contribution in [0.1, 0.15) is 101 Å². The van der Waals surface area contributed by atoms with Crippen LogP contribution >= 0.6 is 0 Å². The van der Waals surface area contributed by atoms with Crippen molar-refractivity contribution in [3.05, 3.63) is 149 Å². The van der Waals surface area contributed by atoms with Crippen LogP contribution in [-0.4, -0.2) is 38.1 Å². The maximum atomic E-state index is 14.1. The molecule has 0 amide bonds. The zero-order chi connectivity index (χ0) is 34.8. The second-order valence-electron chi connectivity index (χ2n) is 12.1. The minimum absolute atomic E-state index is 0.00426. The first-order valence-electron chi connectivity index (χ1n) is 16.5. The number of unbranched alkanes of at least 4 members (excludes halogenated alkanes) is 2. The van der Waals surface area contributed by atoms with Gasteiger partial charge in [-0.1, -0.05) is 115 Å². The Morgan fingerprint density at radius 1 is 0.694 bits per heavy atom. The Balaban J connectivity index is 1.73. The predicted molar refractivity (Wildman–Crippen MR) is 186 cm³/mol. The molecule has 0 aliphatic carbocycles. The fraction of sp³-hybridized carbons (Fsp3) is 0.244. The third-order valence-corrected chi connectivity index (χ3v) is 8.67. The van der Waals surface area contributed by atoms with Crippen LogP contribution in [0.4, 0.5) is 0 Å². The molecule has 8 heteroatoms. The van der Waals surface area contributed by atoms with Gasteiger partial charge in [-0.05, 0) is 42.4 Å². The number of carbonyl (C=O) groups is 3. The van der Waals surface area contributed by atoms with Gasteiger partial charge in [0.1, 0.15) is 28.9 Å². The van der Waals surface area contributed by atoms with E-state index in [1.165, 1.54) is 0 Å². The zero-order valence-electron chi connectivity index (χ0n) is 27.1. The van der Waals surface area contributed by atoms with Crippen LogP contribution < -0.4 is 4.74 Å². The van der Waals surface area contributed by atoms with Gasteiger partial charge >= 0.3 is 11.9 Å². The Morgan fingerprint density at radius 2 is 1.16 bits per heavy atom. The molecule has 1 aliphatic rings. The molecule has 4 aromatic rings. The number of ether oxygens (including phenoxy) is 1. The molecule has 0 aromatic heterocycles. The summed E-state index contributed by atoms with van der Waals surface area (Å²) in [5.74, 6) is -3.92. The quantitative estimate of drug-likeness (QED) is 0.0733. The van der Waals surface area contributed by atoms with E-state index in [2.05, 4.69) is 0 Å². The van der Waals surface area contributed by atoms with Crippen LogP contribution in [0.5, 0.6) is 17.2 Å². The molecule has 4 aromatic carbocycles. The van der Waals surface area contributed by atoms with E-state index in [0.29, 0.717) is 31.2 Å². The first kappa shape index (κ1) is 34.7. The minimum atomic E-state index is -0.891. The highest BCUT2D eigenvalue weighted by Gasteiger charge is 2.39. The Morgan fingerprint density at radius 3 is 1.65 bits per heavy atom. The van der Waals surface area contributed by atoms with Crippen molar-refractivity contribution in [3.63, 3.8) is 0 Å². The lowest BCUT2D eigenvalue weighted by atomic mass is 9.79. The molecule has 1 aliphatic heterocycles. The van der Waals surface area contributed by atoms with E-state index in [9.17, 15) is 24.6 Å². The highest BCUT2D eigenvalue weighted by Crippen LogP contribution is 2.54. The molecule has 0 saturated carbocycles. The molecule has 0 saturated heterocycles. The third-order valence-electron chi connectivity index (χ3n) is 8.67. The SMILES string of the molecule is O=C(O)CCC/C=C/C(c1ccccc1)c1c(O)c2c(c(C(/C=C/CCCC(=O)O)c3ccccc3)c1O)OC(c1ccccc1)CC2=O. The van der Waals surface area contributed by atoms with E-state index in [-0.39, 0.29) is 53.4 Å². The number of benzene rings is 4. The summed E-state index contributed by atoms with van der Waals surface area (Å²) in [5, 5.41) is 42.6. The summed E-state index contributed by atoms with van der Waals surface area (Å²) in [6.07, 6.45) is 8.52. The van der Waals surface area contributed by atoms with E-state index in [4.69, 9.17) is 14.9 Å². The summed E-state index contributed by atoms with van der Waals surface area (Å²) in [6.45, 7) is 0. The van der Waals surface area contributed by atoms with Gasteiger partial charge in [-0.25, -0.2) is 0 Å². The lowest BCUT2D eigenvalue weighted by Crippen LogP contribution is -2.23. The lowest BCUT2D eigenvalue weighted by Gasteiger charge is -2.32. The van der Waals surface area contributed by atoms with Crippen molar-refractivity contribution in [1.82, 2.24) is 0 Å². The number of ketones is 1. The van der Waals surface area contributed by atoms with Gasteiger partial charge in [-0.2, -0.15) is 0 Å². The van der Waals surface area contributed by atoms with Crippen molar-refractivity contribution >= 4 is 17.7 Å². The molecule has 4 N–H and O–H groups in total. The van der Waals surface area contributed by atoms with E-state index in [0.717, 1.165) is 16.7 Å². The van der Waals surface area contributed by atoms with E-state index >= 15 is 0 Å². The zero-order valence-corrected chi connectivity index (χ0v) is 27.1. The molecule has 49 heavy (non-hydrogen) atoms. The number of aromatic hydroxyl groups is 2. The molecule has 1 heterocycles. The molecule has 0 bridgehead atoms. The number of carbonyl (C=O) groups excluding carboxylic acids is 1. The molecule has 0 fully saturated rings. The van der Waals surface area contributed by atoms with Crippen LogP contribution in [0.3, 0.4) is 0 Å². The van der Waals surface area contributed by atoms with Crippen LogP contribution in [-0.2, 0) is 9.59 Å². The summed E-state index contributed by atoms with van der Waals surface area (Å²) >= 11 is 0. The number of allylic oxidation sites excluding steroid dienone is 4. The summed E-state index contributed by atoms with van der Waals surface area (Å²) in [6, 6.07) is 28.0. The largest absolute Gasteiger partial charge is 0.507 e. The standard InChI is InChI=1S/C41H40O8/c42-32-26-33(29-20-10-3-11-21-29)49-41-37(31(28-18-8-2-9-19-28)23-13-5-15-25-35(45)46)39(47)36(40(48)38(32)41)30(27-16-6-1-7-17-27)22-12-4-14-24-34(43)44/h1-3,6-13,16-23,30-31,33,47-48H,4-5,14-15,24-26H2,(H,43,44)(H,45,46)/b22-12+,23-13+. The molecular weight excluding hydrogens is 620 g/mol. The number of hydrogen-bond acceptors (Lipinski definition) is 6. The predicted octanol–water partition coefficient (Wildman–Crippen LogP) is 8.69. The van der Waals surface area contributed by atoms with Crippen LogP contribution in [0.25, 0.3) is 0 Å². The van der Waals surface area contributed by atoms with Crippen molar-refractivity contribution in [2.24, 2.45) is 0 Å². The van der Waals surface area contributed by atoms with Crippen molar-refractivity contribution in [1.29, 1.82) is 0 Å². The van der Waals surface area contributed by atoms with E-state index in [1.807, 2.05) is 115 Å². The normalized spacial score (nSPS) is 15.5. The Labute approximate surface area is 285 Å². The average Bonchev–Trinajstić information content (AvgIpc) is 3.10. The fourth-order valence-electron chi connectivity index (χ4n) is 6.29. The van der Waals surface area contributed by atoms with Gasteiger partial charge in [0.15, 0.2) is 5.78 Å². The maximum Gasteiger partial charge on any atom is 0.303 e. The van der Waals surface area contributed by atoms with Crippen LogP contribution in [0.2, 0.25) is 0 Å². The van der Waals surface area contributed by atoms with E-state index in [1.54, 1.807) is 0 Å². The van der Waals surface area contributed by atoms with Gasteiger partial charge in [0.2, 0.25) is 0 Å². The molecule has 5 rings (SSSR count). The fourth-order valence-corrected chi connectivity index (χ4v) is 6.29. The number of hydrogen-bond donors (Lipinski definition) is 4. The smallest absolute Gasteiger partial charge is 0.303 e. The third kappa shape index (κ3) is 8.46. The van der Waals surface area contributed by atoms with Crippen molar-refractivity contribution in [2.45, 2.75) is 62.9 Å². The van der Waals surface area contributed by atoms with Crippen LogP contribution in [0.15, 0.2) is 115 Å². The number of carboxylic acids is 2. The lowest BCUT2D eigenvalue weighted by molar-refractivity contribution is -0.138.